The van der Waals surface area contributed by atoms with Crippen LogP contribution in [0, 0.1) is 0 Å². The fraction of sp³-hybridized carbons (Fsp3) is 0.130. The van der Waals surface area contributed by atoms with Crippen LogP contribution in [0.5, 0.6) is 0 Å². The SMILES string of the molecule is CCn1c2ccccc2c2nnc(SCC(=O)Nc3cccc4ccccc34)nc21. The number of fused-ring (bicyclic) bond motifs is 4. The van der Waals surface area contributed by atoms with E-state index in [9.17, 15) is 4.79 Å². The summed E-state index contributed by atoms with van der Waals surface area (Å²) in [5.74, 6) is 0.110. The fourth-order valence-electron chi connectivity index (χ4n) is 3.72. The van der Waals surface area contributed by atoms with E-state index in [1.165, 1.54) is 11.8 Å². The van der Waals surface area contributed by atoms with Crippen molar-refractivity contribution in [3.63, 3.8) is 0 Å². The van der Waals surface area contributed by atoms with Crippen molar-refractivity contribution in [3.8, 4) is 0 Å². The van der Waals surface area contributed by atoms with E-state index in [1.54, 1.807) is 0 Å². The van der Waals surface area contributed by atoms with Gasteiger partial charge >= 0.3 is 0 Å². The Hall–Kier alpha value is -3.45. The van der Waals surface area contributed by atoms with E-state index < -0.39 is 0 Å². The Morgan fingerprint density at radius 1 is 0.967 bits per heavy atom. The van der Waals surface area contributed by atoms with Crippen molar-refractivity contribution < 1.29 is 4.79 Å². The molecule has 0 aliphatic rings. The largest absolute Gasteiger partial charge is 0.325 e. The highest BCUT2D eigenvalue weighted by molar-refractivity contribution is 7.99. The Morgan fingerprint density at radius 2 is 1.73 bits per heavy atom. The number of aromatic nitrogens is 4. The topological polar surface area (TPSA) is 72.7 Å². The molecule has 2 aromatic heterocycles. The number of rotatable bonds is 5. The van der Waals surface area contributed by atoms with Gasteiger partial charge in [-0.3, -0.25) is 4.79 Å². The molecule has 7 heteroatoms. The number of hydrogen-bond donors (Lipinski definition) is 1. The summed E-state index contributed by atoms with van der Waals surface area (Å²) in [4.78, 5) is 17.2. The van der Waals surface area contributed by atoms with Crippen LogP contribution in [0.25, 0.3) is 32.8 Å². The summed E-state index contributed by atoms with van der Waals surface area (Å²) in [6.07, 6.45) is 0. The molecule has 0 aliphatic heterocycles. The molecule has 0 spiro atoms. The monoisotopic (exact) mass is 413 g/mol. The van der Waals surface area contributed by atoms with Gasteiger partial charge in [0.15, 0.2) is 5.65 Å². The first-order chi connectivity index (χ1) is 14.7. The highest BCUT2D eigenvalue weighted by Gasteiger charge is 2.14. The van der Waals surface area contributed by atoms with Crippen LogP contribution in [-0.2, 0) is 11.3 Å². The molecule has 5 rings (SSSR count). The van der Waals surface area contributed by atoms with Gasteiger partial charge in [-0.25, -0.2) is 4.98 Å². The van der Waals surface area contributed by atoms with Crippen LogP contribution < -0.4 is 5.32 Å². The van der Waals surface area contributed by atoms with E-state index in [1.807, 2.05) is 60.7 Å². The van der Waals surface area contributed by atoms with Crippen molar-refractivity contribution in [2.24, 2.45) is 0 Å². The van der Waals surface area contributed by atoms with Crippen LogP contribution in [0.2, 0.25) is 0 Å². The lowest BCUT2D eigenvalue weighted by molar-refractivity contribution is -0.113. The van der Waals surface area contributed by atoms with Crippen molar-refractivity contribution in [3.05, 3.63) is 66.7 Å². The molecule has 0 bridgehead atoms. The third-order valence-electron chi connectivity index (χ3n) is 5.07. The molecular formula is C23H19N5OS. The molecule has 0 saturated carbocycles. The minimum Gasteiger partial charge on any atom is -0.325 e. The third kappa shape index (κ3) is 3.27. The lowest BCUT2D eigenvalue weighted by Crippen LogP contribution is -2.14. The highest BCUT2D eigenvalue weighted by atomic mass is 32.2. The van der Waals surface area contributed by atoms with E-state index in [-0.39, 0.29) is 11.7 Å². The average molecular weight is 414 g/mol. The first-order valence-corrected chi connectivity index (χ1v) is 10.7. The van der Waals surface area contributed by atoms with Crippen LogP contribution in [0.1, 0.15) is 6.92 Å². The zero-order valence-corrected chi connectivity index (χ0v) is 17.2. The molecule has 0 atom stereocenters. The molecule has 0 fully saturated rings. The van der Waals surface area contributed by atoms with Crippen LogP contribution in [0.4, 0.5) is 5.69 Å². The van der Waals surface area contributed by atoms with Gasteiger partial charge in [0.05, 0.1) is 11.3 Å². The maximum Gasteiger partial charge on any atom is 0.234 e. The van der Waals surface area contributed by atoms with E-state index in [2.05, 4.69) is 38.1 Å². The van der Waals surface area contributed by atoms with Crippen LogP contribution in [0.3, 0.4) is 0 Å². The van der Waals surface area contributed by atoms with Crippen LogP contribution in [0.15, 0.2) is 71.9 Å². The van der Waals surface area contributed by atoms with E-state index >= 15 is 0 Å². The number of nitrogens with one attached hydrogen (secondary N) is 1. The van der Waals surface area contributed by atoms with E-state index in [0.29, 0.717) is 5.16 Å². The van der Waals surface area contributed by atoms with Gasteiger partial charge in [-0.05, 0) is 24.4 Å². The Bertz CT molecular complexity index is 1390. The predicted octanol–water partition coefficient (Wildman–Crippen LogP) is 4.88. The van der Waals surface area contributed by atoms with Crippen LogP contribution in [-0.4, -0.2) is 31.4 Å². The number of carbonyl (C=O) groups is 1. The molecule has 0 saturated heterocycles. The van der Waals surface area contributed by atoms with Crippen LogP contribution >= 0.6 is 11.8 Å². The summed E-state index contributed by atoms with van der Waals surface area (Å²) < 4.78 is 2.12. The minimum atomic E-state index is -0.101. The molecule has 148 valence electrons. The molecule has 0 unspecified atom stereocenters. The second-order valence-corrected chi connectivity index (χ2v) is 7.83. The van der Waals surface area contributed by atoms with Gasteiger partial charge in [0.1, 0.15) is 5.52 Å². The van der Waals surface area contributed by atoms with Crippen molar-refractivity contribution in [2.45, 2.75) is 18.6 Å². The molecule has 1 N–H and O–H groups in total. The quantitative estimate of drug-likeness (QED) is 0.416. The summed E-state index contributed by atoms with van der Waals surface area (Å²) in [5, 5.41) is 15.3. The van der Waals surface area contributed by atoms with Gasteiger partial charge in [0, 0.05) is 23.0 Å². The van der Waals surface area contributed by atoms with Crippen molar-refractivity contribution >= 4 is 56.2 Å². The number of aryl methyl sites for hydroxylation is 1. The Morgan fingerprint density at radius 3 is 2.60 bits per heavy atom. The summed E-state index contributed by atoms with van der Waals surface area (Å²) in [6, 6.07) is 22.0. The summed E-state index contributed by atoms with van der Waals surface area (Å²) >= 11 is 1.29. The molecule has 0 aliphatic carbocycles. The number of amides is 1. The molecule has 2 heterocycles. The number of hydrogen-bond acceptors (Lipinski definition) is 5. The zero-order chi connectivity index (χ0) is 20.5. The standard InChI is InChI=1S/C23H19N5OS/c1-2-28-19-13-6-5-11-17(19)21-22(28)25-23(27-26-21)30-14-20(29)24-18-12-7-9-15-8-3-4-10-16(15)18/h3-13H,2,14H2,1H3,(H,24,29). The van der Waals surface area contributed by atoms with Crippen molar-refractivity contribution in [2.75, 3.05) is 11.1 Å². The summed E-state index contributed by atoms with van der Waals surface area (Å²) in [7, 11) is 0. The second kappa shape index (κ2) is 7.76. The van der Waals surface area contributed by atoms with Crippen molar-refractivity contribution in [1.29, 1.82) is 0 Å². The maximum absolute atomic E-state index is 12.5. The van der Waals surface area contributed by atoms with Crippen molar-refractivity contribution in [1.82, 2.24) is 19.7 Å². The lowest BCUT2D eigenvalue weighted by Gasteiger charge is -2.08. The third-order valence-corrected chi connectivity index (χ3v) is 5.90. The zero-order valence-electron chi connectivity index (χ0n) is 16.4. The number of para-hydroxylation sites is 1. The number of carbonyl (C=O) groups excluding carboxylic acids is 1. The highest BCUT2D eigenvalue weighted by Crippen LogP contribution is 2.27. The predicted molar refractivity (Wildman–Crippen MR) is 122 cm³/mol. The maximum atomic E-state index is 12.5. The summed E-state index contributed by atoms with van der Waals surface area (Å²) in [5.41, 5.74) is 3.48. The summed E-state index contributed by atoms with van der Waals surface area (Å²) in [6.45, 7) is 2.87. The first kappa shape index (κ1) is 18.6. The molecule has 1 amide bonds. The first-order valence-electron chi connectivity index (χ1n) is 9.76. The molecule has 30 heavy (non-hydrogen) atoms. The van der Waals surface area contributed by atoms with Gasteiger partial charge in [-0.15, -0.1) is 10.2 Å². The second-order valence-electron chi connectivity index (χ2n) is 6.89. The van der Waals surface area contributed by atoms with Gasteiger partial charge < -0.3 is 9.88 Å². The number of benzene rings is 3. The Balaban J connectivity index is 1.37. The average Bonchev–Trinajstić information content (AvgIpc) is 3.11. The fourth-order valence-corrected chi connectivity index (χ4v) is 4.30. The van der Waals surface area contributed by atoms with Gasteiger partial charge in [-0.1, -0.05) is 66.4 Å². The number of nitrogens with zero attached hydrogens (tertiary/aromatic N) is 4. The molecule has 6 nitrogen and oxygen atoms in total. The smallest absolute Gasteiger partial charge is 0.234 e. The van der Waals surface area contributed by atoms with Gasteiger partial charge in [0.25, 0.3) is 0 Å². The normalized spacial score (nSPS) is 11.4. The lowest BCUT2D eigenvalue weighted by atomic mass is 10.1. The molecule has 5 aromatic rings. The molecular weight excluding hydrogens is 394 g/mol. The molecule has 0 radical (unpaired) electrons. The minimum absolute atomic E-state index is 0.101. The van der Waals surface area contributed by atoms with Gasteiger partial charge in [-0.2, -0.15) is 0 Å². The Kier molecular flexibility index (Phi) is 4.80. The van der Waals surface area contributed by atoms with Gasteiger partial charge in [0.2, 0.25) is 11.1 Å². The van der Waals surface area contributed by atoms with E-state index in [0.717, 1.165) is 45.1 Å². The number of anilines is 1. The number of thioether (sulfide) groups is 1. The molecule has 3 aromatic carbocycles. The van der Waals surface area contributed by atoms with E-state index in [4.69, 9.17) is 0 Å². The Labute approximate surface area is 177 Å².